The summed E-state index contributed by atoms with van der Waals surface area (Å²) in [6.07, 6.45) is 0. The molecule has 6 heteroatoms. The number of ether oxygens (including phenoxy) is 2. The second-order valence-corrected chi connectivity index (χ2v) is 8.05. The lowest BCUT2D eigenvalue weighted by atomic mass is 10.0. The standard InChI is InChI=1S/C27H21N3O3/c1-17-26(21-11-12-23-24(15-21)33-14-13-32-23)27-28-22(16-25(31)30(27)29-17)20-9-7-19(8-10-20)18-5-3-2-4-6-18/h2-12,15-16,29H,13-14H2,1H3. The minimum absolute atomic E-state index is 0.158. The van der Waals surface area contributed by atoms with Crippen molar-refractivity contribution in [2.75, 3.05) is 13.2 Å². The molecule has 0 atom stereocenters. The van der Waals surface area contributed by atoms with E-state index in [1.165, 1.54) is 4.52 Å². The molecule has 0 amide bonds. The third-order valence-electron chi connectivity index (χ3n) is 5.92. The van der Waals surface area contributed by atoms with Crippen LogP contribution in [0.25, 0.3) is 39.2 Å². The third kappa shape index (κ3) is 3.36. The highest BCUT2D eigenvalue weighted by Crippen LogP contribution is 2.37. The summed E-state index contributed by atoms with van der Waals surface area (Å²) in [4.78, 5) is 17.8. The lowest BCUT2D eigenvalue weighted by molar-refractivity contribution is 0.171. The molecule has 0 aliphatic carbocycles. The SMILES string of the molecule is Cc1[nH]n2c(=O)cc(-c3ccc(-c4ccccc4)cc3)nc2c1-c1ccc2c(c1)OCCO2. The highest BCUT2D eigenvalue weighted by atomic mass is 16.6. The van der Waals surface area contributed by atoms with Crippen molar-refractivity contribution in [2.24, 2.45) is 0 Å². The summed E-state index contributed by atoms with van der Waals surface area (Å²) in [6.45, 7) is 3.00. The van der Waals surface area contributed by atoms with Crippen LogP contribution in [0.5, 0.6) is 11.5 Å². The molecular weight excluding hydrogens is 414 g/mol. The van der Waals surface area contributed by atoms with Gasteiger partial charge < -0.3 is 9.47 Å². The van der Waals surface area contributed by atoms with Crippen LogP contribution in [0.3, 0.4) is 0 Å². The van der Waals surface area contributed by atoms with Crippen molar-refractivity contribution in [3.63, 3.8) is 0 Å². The number of rotatable bonds is 3. The fraction of sp³-hybridized carbons (Fsp3) is 0.111. The zero-order valence-corrected chi connectivity index (χ0v) is 18.0. The van der Waals surface area contributed by atoms with Crippen LogP contribution in [0.1, 0.15) is 5.69 Å². The Balaban J connectivity index is 1.46. The van der Waals surface area contributed by atoms with Crippen molar-refractivity contribution >= 4 is 5.65 Å². The number of hydrogen-bond donors (Lipinski definition) is 1. The molecule has 1 aliphatic heterocycles. The van der Waals surface area contributed by atoms with Gasteiger partial charge in [0.2, 0.25) is 0 Å². The van der Waals surface area contributed by atoms with Gasteiger partial charge in [-0.15, -0.1) is 0 Å². The number of hydrogen-bond acceptors (Lipinski definition) is 4. The Hall–Kier alpha value is -4.32. The average Bonchev–Trinajstić information content (AvgIpc) is 3.21. The zero-order valence-electron chi connectivity index (χ0n) is 18.0. The first-order valence-corrected chi connectivity index (χ1v) is 10.9. The van der Waals surface area contributed by atoms with E-state index in [1.807, 2.05) is 55.5 Å². The molecule has 5 aromatic rings. The molecule has 33 heavy (non-hydrogen) atoms. The molecule has 0 fully saturated rings. The summed E-state index contributed by atoms with van der Waals surface area (Å²) >= 11 is 0. The monoisotopic (exact) mass is 435 g/mol. The Labute approximate surface area is 190 Å². The number of benzene rings is 3. The summed E-state index contributed by atoms with van der Waals surface area (Å²) in [7, 11) is 0. The molecule has 0 saturated heterocycles. The molecule has 1 N–H and O–H groups in total. The van der Waals surface area contributed by atoms with Crippen LogP contribution >= 0.6 is 0 Å². The van der Waals surface area contributed by atoms with E-state index in [9.17, 15) is 4.79 Å². The normalized spacial score (nSPS) is 12.8. The highest BCUT2D eigenvalue weighted by molar-refractivity contribution is 5.82. The summed E-state index contributed by atoms with van der Waals surface area (Å²) in [6, 6.07) is 25.7. The van der Waals surface area contributed by atoms with Crippen molar-refractivity contribution < 1.29 is 9.47 Å². The van der Waals surface area contributed by atoms with Crippen LogP contribution in [0.2, 0.25) is 0 Å². The molecular formula is C27H21N3O3. The Morgan fingerprint density at radius 3 is 2.24 bits per heavy atom. The number of nitrogens with zero attached hydrogens (tertiary/aromatic N) is 2. The Kier molecular flexibility index (Phi) is 4.50. The first kappa shape index (κ1) is 19.4. The van der Waals surface area contributed by atoms with Crippen LogP contribution in [0, 0.1) is 6.92 Å². The van der Waals surface area contributed by atoms with Crippen molar-refractivity contribution in [1.29, 1.82) is 0 Å². The van der Waals surface area contributed by atoms with Gasteiger partial charge in [-0.1, -0.05) is 60.7 Å². The lowest BCUT2D eigenvalue weighted by Gasteiger charge is -2.18. The topological polar surface area (TPSA) is 68.6 Å². The lowest BCUT2D eigenvalue weighted by Crippen LogP contribution is -2.15. The van der Waals surface area contributed by atoms with E-state index in [0.717, 1.165) is 39.3 Å². The van der Waals surface area contributed by atoms with E-state index < -0.39 is 0 Å². The summed E-state index contributed by atoms with van der Waals surface area (Å²) in [5.74, 6) is 1.43. The largest absolute Gasteiger partial charge is 0.486 e. The Morgan fingerprint density at radius 1 is 0.788 bits per heavy atom. The van der Waals surface area contributed by atoms with E-state index in [0.29, 0.717) is 30.3 Å². The van der Waals surface area contributed by atoms with Crippen LogP contribution < -0.4 is 15.0 Å². The Morgan fingerprint density at radius 2 is 1.45 bits per heavy atom. The fourth-order valence-corrected chi connectivity index (χ4v) is 4.31. The minimum Gasteiger partial charge on any atom is -0.486 e. The van der Waals surface area contributed by atoms with Crippen molar-refractivity contribution in [1.82, 2.24) is 14.6 Å². The molecule has 0 spiro atoms. The third-order valence-corrected chi connectivity index (χ3v) is 5.92. The van der Waals surface area contributed by atoms with E-state index in [1.54, 1.807) is 6.07 Å². The summed E-state index contributed by atoms with van der Waals surface area (Å²) < 4.78 is 12.9. The van der Waals surface area contributed by atoms with Gasteiger partial charge in [0.15, 0.2) is 17.1 Å². The van der Waals surface area contributed by atoms with E-state index in [2.05, 4.69) is 29.4 Å². The van der Waals surface area contributed by atoms with E-state index >= 15 is 0 Å². The first-order chi connectivity index (χ1) is 16.2. The van der Waals surface area contributed by atoms with Crippen molar-refractivity contribution in [3.05, 3.63) is 94.9 Å². The van der Waals surface area contributed by atoms with Crippen LogP contribution in [-0.2, 0) is 0 Å². The van der Waals surface area contributed by atoms with Gasteiger partial charge >= 0.3 is 0 Å². The fourth-order valence-electron chi connectivity index (χ4n) is 4.31. The van der Waals surface area contributed by atoms with Gasteiger partial charge in [0.05, 0.1) is 5.69 Å². The van der Waals surface area contributed by atoms with Gasteiger partial charge in [0.1, 0.15) is 13.2 Å². The van der Waals surface area contributed by atoms with Crippen molar-refractivity contribution in [3.8, 4) is 45.0 Å². The first-order valence-electron chi connectivity index (χ1n) is 10.9. The summed E-state index contributed by atoms with van der Waals surface area (Å²) in [5, 5.41) is 3.15. The molecule has 0 bridgehead atoms. The second-order valence-electron chi connectivity index (χ2n) is 8.05. The van der Waals surface area contributed by atoms with Crippen LogP contribution in [0.15, 0.2) is 83.7 Å². The van der Waals surface area contributed by atoms with Gasteiger partial charge in [0.25, 0.3) is 5.56 Å². The summed E-state index contributed by atoms with van der Waals surface area (Å²) in [5.41, 5.74) is 6.85. The number of aryl methyl sites for hydroxylation is 1. The van der Waals surface area contributed by atoms with Gasteiger partial charge in [-0.25, -0.2) is 9.50 Å². The van der Waals surface area contributed by atoms with Crippen molar-refractivity contribution in [2.45, 2.75) is 6.92 Å². The predicted molar refractivity (Wildman–Crippen MR) is 128 cm³/mol. The number of aromatic nitrogens is 3. The number of nitrogens with one attached hydrogen (secondary N) is 1. The van der Waals surface area contributed by atoms with E-state index in [4.69, 9.17) is 14.5 Å². The smallest absolute Gasteiger partial charge is 0.273 e. The molecule has 1 aliphatic rings. The zero-order chi connectivity index (χ0) is 22.4. The Bertz CT molecular complexity index is 1530. The molecule has 0 saturated carbocycles. The molecule has 6 rings (SSSR count). The number of fused-ring (bicyclic) bond motifs is 2. The predicted octanol–water partition coefficient (Wildman–Crippen LogP) is 5.10. The van der Waals surface area contributed by atoms with Gasteiger partial charge in [-0.3, -0.25) is 9.89 Å². The molecule has 6 nitrogen and oxygen atoms in total. The van der Waals surface area contributed by atoms with Gasteiger partial charge in [-0.05, 0) is 35.7 Å². The maximum atomic E-state index is 12.9. The highest BCUT2D eigenvalue weighted by Gasteiger charge is 2.19. The van der Waals surface area contributed by atoms with Crippen LogP contribution in [0.4, 0.5) is 0 Å². The van der Waals surface area contributed by atoms with E-state index in [-0.39, 0.29) is 5.56 Å². The maximum absolute atomic E-state index is 12.9. The average molecular weight is 435 g/mol. The number of H-pyrrole nitrogens is 1. The quantitative estimate of drug-likeness (QED) is 0.428. The molecule has 0 radical (unpaired) electrons. The molecule has 162 valence electrons. The minimum atomic E-state index is -0.158. The second kappa shape index (κ2) is 7.67. The molecule has 0 unspecified atom stereocenters. The molecule has 3 aromatic carbocycles. The molecule has 2 aromatic heterocycles. The number of aromatic amines is 1. The van der Waals surface area contributed by atoms with Crippen LogP contribution in [-0.4, -0.2) is 27.8 Å². The molecule has 3 heterocycles. The van der Waals surface area contributed by atoms with Gasteiger partial charge in [0, 0.05) is 22.9 Å². The van der Waals surface area contributed by atoms with Gasteiger partial charge in [-0.2, -0.15) is 0 Å². The maximum Gasteiger partial charge on any atom is 0.273 e.